The van der Waals surface area contributed by atoms with Crippen molar-refractivity contribution in [3.63, 3.8) is 0 Å². The predicted octanol–water partition coefficient (Wildman–Crippen LogP) is 3.77. The molecule has 0 aliphatic heterocycles. The Morgan fingerprint density at radius 3 is 2.53 bits per heavy atom. The van der Waals surface area contributed by atoms with Crippen LogP contribution < -0.4 is 5.32 Å². The third-order valence-corrected chi connectivity index (χ3v) is 3.69. The highest BCUT2D eigenvalue weighted by atomic mass is 35.5. The van der Waals surface area contributed by atoms with Crippen molar-refractivity contribution >= 4 is 40.5 Å². The normalized spacial score (nSPS) is 11.5. The van der Waals surface area contributed by atoms with E-state index in [0.717, 1.165) is 12.1 Å². The van der Waals surface area contributed by atoms with Crippen LogP contribution in [0.4, 0.5) is 5.69 Å². The van der Waals surface area contributed by atoms with E-state index in [1.165, 1.54) is 0 Å². The smallest absolute Gasteiger partial charge is 0.0820 e. The average Bonchev–Trinajstić information content (AvgIpc) is 2.29. The van der Waals surface area contributed by atoms with Gasteiger partial charge in [0.25, 0.3) is 0 Å². The second-order valence-electron chi connectivity index (χ2n) is 3.38. The number of hydrogen-bond acceptors (Lipinski definition) is 2. The molecular weight excluding hydrogens is 254 g/mol. The zero-order valence-corrected chi connectivity index (χ0v) is 10.7. The second-order valence-corrected chi connectivity index (χ2v) is 4.32. The van der Waals surface area contributed by atoms with Crippen LogP contribution in [0, 0.1) is 0 Å². The fraction of sp³-hybridized carbons (Fsp3) is 0.500. The standard InChI is InChI=1S/C10H13Cl3N2/c1-2-10(6-11,7-12)15-9-3-4-14-5-8(9)13/h3-5H,2,6-7H2,1H3,(H,14,15). The molecule has 0 unspecified atom stereocenters. The van der Waals surface area contributed by atoms with Gasteiger partial charge < -0.3 is 5.32 Å². The molecule has 1 N–H and O–H groups in total. The number of pyridine rings is 1. The predicted molar refractivity (Wildman–Crippen MR) is 67.3 cm³/mol. The molecule has 0 aliphatic rings. The molecule has 0 spiro atoms. The molecule has 0 saturated heterocycles. The van der Waals surface area contributed by atoms with E-state index in [2.05, 4.69) is 10.3 Å². The number of rotatable bonds is 5. The number of aromatic nitrogens is 1. The van der Waals surface area contributed by atoms with Gasteiger partial charge >= 0.3 is 0 Å². The Labute approximate surface area is 105 Å². The summed E-state index contributed by atoms with van der Waals surface area (Å²) in [5.74, 6) is 0.872. The molecule has 5 heteroatoms. The van der Waals surface area contributed by atoms with Crippen LogP contribution in [0.5, 0.6) is 0 Å². The third-order valence-electron chi connectivity index (χ3n) is 2.36. The summed E-state index contributed by atoms with van der Waals surface area (Å²) < 4.78 is 0. The largest absolute Gasteiger partial charge is 0.376 e. The molecule has 0 aromatic carbocycles. The first-order chi connectivity index (χ1) is 7.17. The summed E-state index contributed by atoms with van der Waals surface area (Å²) in [5, 5.41) is 3.85. The van der Waals surface area contributed by atoms with E-state index < -0.39 is 0 Å². The van der Waals surface area contributed by atoms with E-state index in [1.54, 1.807) is 12.4 Å². The molecule has 0 atom stereocenters. The fourth-order valence-electron chi connectivity index (χ4n) is 1.14. The number of nitrogens with zero attached hydrogens (tertiary/aromatic N) is 1. The minimum atomic E-state index is -0.311. The minimum absolute atomic E-state index is 0.311. The first-order valence-electron chi connectivity index (χ1n) is 4.67. The molecule has 1 aromatic rings. The molecule has 1 aromatic heterocycles. The molecule has 1 heterocycles. The molecule has 2 nitrogen and oxygen atoms in total. The van der Waals surface area contributed by atoms with Crippen LogP contribution in [0.25, 0.3) is 0 Å². The Hall–Kier alpha value is -0.180. The van der Waals surface area contributed by atoms with Crippen molar-refractivity contribution in [2.45, 2.75) is 18.9 Å². The highest BCUT2D eigenvalue weighted by molar-refractivity contribution is 6.33. The maximum absolute atomic E-state index is 5.99. The van der Waals surface area contributed by atoms with Crippen molar-refractivity contribution in [3.05, 3.63) is 23.5 Å². The summed E-state index contributed by atoms with van der Waals surface area (Å²) in [4.78, 5) is 3.91. The van der Waals surface area contributed by atoms with Crippen molar-refractivity contribution in [1.29, 1.82) is 0 Å². The Kier molecular flexibility index (Phi) is 4.97. The molecule has 0 saturated carbocycles. The summed E-state index contributed by atoms with van der Waals surface area (Å²) >= 11 is 17.8. The van der Waals surface area contributed by atoms with E-state index in [0.29, 0.717) is 16.8 Å². The van der Waals surface area contributed by atoms with Gasteiger partial charge in [-0.05, 0) is 12.5 Å². The van der Waals surface area contributed by atoms with Crippen LogP contribution in [-0.4, -0.2) is 22.3 Å². The summed E-state index contributed by atoms with van der Waals surface area (Å²) in [5.41, 5.74) is 0.503. The van der Waals surface area contributed by atoms with Gasteiger partial charge in [-0.25, -0.2) is 0 Å². The van der Waals surface area contributed by atoms with Crippen molar-refractivity contribution in [1.82, 2.24) is 4.98 Å². The summed E-state index contributed by atoms with van der Waals surface area (Å²) in [6.07, 6.45) is 4.10. The maximum Gasteiger partial charge on any atom is 0.0820 e. The van der Waals surface area contributed by atoms with Gasteiger partial charge in [-0.2, -0.15) is 0 Å². The molecule has 0 bridgehead atoms. The molecule has 0 amide bonds. The Morgan fingerprint density at radius 2 is 2.07 bits per heavy atom. The quantitative estimate of drug-likeness (QED) is 0.822. The average molecular weight is 268 g/mol. The Bertz CT molecular complexity index is 305. The molecule has 0 radical (unpaired) electrons. The third kappa shape index (κ3) is 3.13. The zero-order chi connectivity index (χ0) is 11.3. The Morgan fingerprint density at radius 1 is 1.40 bits per heavy atom. The van der Waals surface area contributed by atoms with Crippen molar-refractivity contribution < 1.29 is 0 Å². The van der Waals surface area contributed by atoms with Gasteiger partial charge in [0.2, 0.25) is 0 Å². The molecular formula is C10H13Cl3N2. The lowest BCUT2D eigenvalue weighted by Crippen LogP contribution is -2.41. The van der Waals surface area contributed by atoms with Crippen molar-refractivity contribution in [2.24, 2.45) is 0 Å². The number of anilines is 1. The summed E-state index contributed by atoms with van der Waals surface area (Å²) in [7, 11) is 0. The van der Waals surface area contributed by atoms with Crippen LogP contribution in [0.2, 0.25) is 5.02 Å². The van der Waals surface area contributed by atoms with E-state index >= 15 is 0 Å². The number of alkyl halides is 2. The van der Waals surface area contributed by atoms with Crippen LogP contribution in [0.1, 0.15) is 13.3 Å². The summed E-state index contributed by atoms with van der Waals surface area (Å²) in [6, 6.07) is 1.81. The van der Waals surface area contributed by atoms with Crippen molar-refractivity contribution in [3.8, 4) is 0 Å². The number of hydrogen-bond donors (Lipinski definition) is 1. The van der Waals surface area contributed by atoms with Gasteiger partial charge in [-0.1, -0.05) is 18.5 Å². The molecule has 15 heavy (non-hydrogen) atoms. The lowest BCUT2D eigenvalue weighted by Gasteiger charge is -2.31. The first kappa shape index (κ1) is 12.9. The number of nitrogens with one attached hydrogen (secondary N) is 1. The van der Waals surface area contributed by atoms with Crippen LogP contribution in [0.15, 0.2) is 18.5 Å². The van der Waals surface area contributed by atoms with E-state index in [4.69, 9.17) is 34.8 Å². The van der Waals surface area contributed by atoms with Gasteiger partial charge in [0, 0.05) is 24.2 Å². The zero-order valence-electron chi connectivity index (χ0n) is 8.43. The highest BCUT2D eigenvalue weighted by Crippen LogP contribution is 2.26. The monoisotopic (exact) mass is 266 g/mol. The molecule has 0 aliphatic carbocycles. The highest BCUT2D eigenvalue weighted by Gasteiger charge is 2.26. The van der Waals surface area contributed by atoms with Gasteiger partial charge in [0.1, 0.15) is 0 Å². The van der Waals surface area contributed by atoms with Gasteiger partial charge in [0.05, 0.1) is 16.2 Å². The molecule has 0 fully saturated rings. The van der Waals surface area contributed by atoms with Crippen LogP contribution in [-0.2, 0) is 0 Å². The maximum atomic E-state index is 5.99. The lowest BCUT2D eigenvalue weighted by molar-refractivity contribution is 0.560. The van der Waals surface area contributed by atoms with Gasteiger partial charge in [-0.15, -0.1) is 23.2 Å². The van der Waals surface area contributed by atoms with Gasteiger partial charge in [-0.3, -0.25) is 4.98 Å². The van der Waals surface area contributed by atoms with Gasteiger partial charge in [0.15, 0.2) is 0 Å². The van der Waals surface area contributed by atoms with E-state index in [9.17, 15) is 0 Å². The minimum Gasteiger partial charge on any atom is -0.376 e. The second kappa shape index (κ2) is 5.78. The van der Waals surface area contributed by atoms with E-state index in [-0.39, 0.29) is 5.54 Å². The summed E-state index contributed by atoms with van der Waals surface area (Å²) in [6.45, 7) is 2.03. The van der Waals surface area contributed by atoms with Crippen molar-refractivity contribution in [2.75, 3.05) is 17.1 Å². The molecule has 84 valence electrons. The number of halogens is 3. The fourth-order valence-corrected chi connectivity index (χ4v) is 2.11. The molecule has 1 rings (SSSR count). The van der Waals surface area contributed by atoms with Crippen LogP contribution in [0.3, 0.4) is 0 Å². The Balaban J connectivity index is 2.88. The lowest BCUT2D eigenvalue weighted by atomic mass is 10.0. The van der Waals surface area contributed by atoms with E-state index in [1.807, 2.05) is 13.0 Å². The SMILES string of the molecule is CCC(CCl)(CCl)Nc1ccncc1Cl. The first-order valence-corrected chi connectivity index (χ1v) is 6.12. The topological polar surface area (TPSA) is 24.9 Å². The van der Waals surface area contributed by atoms with Crippen LogP contribution >= 0.6 is 34.8 Å².